The largest absolute Gasteiger partial charge is 0.408 e. The monoisotopic (exact) mass is 342 g/mol. The maximum Gasteiger partial charge on any atom is 0.408 e. The number of fused-ring (bicyclic) bond motifs is 1. The summed E-state index contributed by atoms with van der Waals surface area (Å²) in [6.45, 7) is -1.12. The molecule has 0 saturated heterocycles. The molecule has 23 heavy (non-hydrogen) atoms. The zero-order chi connectivity index (χ0) is 16.6. The quantitative estimate of drug-likeness (QED) is 0.735. The predicted octanol–water partition coefficient (Wildman–Crippen LogP) is 2.86. The highest BCUT2D eigenvalue weighted by molar-refractivity contribution is 6.31. The van der Waals surface area contributed by atoms with Crippen LogP contribution >= 0.6 is 11.6 Å². The second-order valence-corrected chi connectivity index (χ2v) is 5.33. The number of rotatable bonds is 3. The number of alkyl halides is 3. The van der Waals surface area contributed by atoms with Crippen LogP contribution in [-0.4, -0.2) is 25.5 Å². The summed E-state index contributed by atoms with van der Waals surface area (Å²) in [4.78, 5) is 16.3. The van der Waals surface area contributed by atoms with Crippen molar-refractivity contribution < 1.29 is 13.2 Å². The Morgan fingerprint density at radius 2 is 1.96 bits per heavy atom. The van der Waals surface area contributed by atoms with Crippen LogP contribution in [0.4, 0.5) is 13.2 Å². The molecule has 3 aromatic rings. The highest BCUT2D eigenvalue weighted by atomic mass is 35.5. The molecule has 0 atom stereocenters. The Bertz CT molecular complexity index is 916. The van der Waals surface area contributed by atoms with Gasteiger partial charge >= 0.3 is 6.18 Å². The van der Waals surface area contributed by atoms with E-state index in [0.29, 0.717) is 15.3 Å². The van der Waals surface area contributed by atoms with Crippen LogP contribution in [0.3, 0.4) is 0 Å². The molecule has 0 bridgehead atoms. The number of benzene rings is 1. The van der Waals surface area contributed by atoms with Crippen molar-refractivity contribution in [2.24, 2.45) is 0 Å². The van der Waals surface area contributed by atoms with Gasteiger partial charge in [-0.2, -0.15) is 18.3 Å². The minimum atomic E-state index is -4.44. The molecule has 1 aromatic carbocycles. The molecule has 0 aliphatic carbocycles. The SMILES string of the molecule is O=c1c2cnn(CC(F)(F)F)c2ncn1Cc1ccccc1Cl. The van der Waals surface area contributed by atoms with E-state index in [1.54, 1.807) is 24.3 Å². The fraction of sp³-hybridized carbons (Fsp3) is 0.214. The van der Waals surface area contributed by atoms with E-state index >= 15 is 0 Å². The Morgan fingerprint density at radius 3 is 2.65 bits per heavy atom. The lowest BCUT2D eigenvalue weighted by Gasteiger charge is -2.09. The molecule has 0 aliphatic rings. The fourth-order valence-corrected chi connectivity index (χ4v) is 2.40. The maximum absolute atomic E-state index is 12.5. The molecular formula is C14H10ClF3N4O. The van der Waals surface area contributed by atoms with E-state index in [2.05, 4.69) is 10.1 Å². The summed E-state index contributed by atoms with van der Waals surface area (Å²) < 4.78 is 39.4. The van der Waals surface area contributed by atoms with Gasteiger partial charge in [0.1, 0.15) is 18.3 Å². The van der Waals surface area contributed by atoms with Crippen LogP contribution in [0.1, 0.15) is 5.56 Å². The minimum Gasteiger partial charge on any atom is -0.294 e. The lowest BCUT2D eigenvalue weighted by Crippen LogP contribution is -2.23. The van der Waals surface area contributed by atoms with Gasteiger partial charge < -0.3 is 0 Å². The Morgan fingerprint density at radius 1 is 1.22 bits per heavy atom. The Balaban J connectivity index is 2.00. The van der Waals surface area contributed by atoms with Gasteiger partial charge in [0.25, 0.3) is 5.56 Å². The van der Waals surface area contributed by atoms with Crippen LogP contribution in [0.15, 0.2) is 41.6 Å². The van der Waals surface area contributed by atoms with Crippen molar-refractivity contribution in [2.45, 2.75) is 19.3 Å². The highest BCUT2D eigenvalue weighted by Crippen LogP contribution is 2.19. The molecule has 0 amide bonds. The average molecular weight is 343 g/mol. The topological polar surface area (TPSA) is 52.7 Å². The van der Waals surface area contributed by atoms with Crippen molar-refractivity contribution >= 4 is 22.6 Å². The summed E-state index contributed by atoms with van der Waals surface area (Å²) in [5.41, 5.74) is 0.145. The molecule has 0 radical (unpaired) electrons. The summed E-state index contributed by atoms with van der Waals surface area (Å²) in [5.74, 6) is 0. The molecule has 0 saturated carbocycles. The van der Waals surface area contributed by atoms with Crippen molar-refractivity contribution in [3.05, 3.63) is 57.7 Å². The van der Waals surface area contributed by atoms with E-state index in [9.17, 15) is 18.0 Å². The number of aromatic nitrogens is 4. The predicted molar refractivity (Wildman–Crippen MR) is 78.4 cm³/mol. The summed E-state index contributed by atoms with van der Waals surface area (Å²) in [6, 6.07) is 6.98. The van der Waals surface area contributed by atoms with Crippen LogP contribution in [0.25, 0.3) is 11.0 Å². The number of nitrogens with zero attached hydrogens (tertiary/aromatic N) is 4. The second-order valence-electron chi connectivity index (χ2n) is 4.92. The summed E-state index contributed by atoms with van der Waals surface area (Å²) >= 11 is 6.04. The van der Waals surface area contributed by atoms with Crippen molar-refractivity contribution in [3.63, 3.8) is 0 Å². The van der Waals surface area contributed by atoms with Crippen molar-refractivity contribution in [2.75, 3.05) is 0 Å². The van der Waals surface area contributed by atoms with Crippen LogP contribution in [0.2, 0.25) is 5.02 Å². The molecule has 0 aliphatic heterocycles. The highest BCUT2D eigenvalue weighted by Gasteiger charge is 2.29. The zero-order valence-corrected chi connectivity index (χ0v) is 12.3. The van der Waals surface area contributed by atoms with Crippen LogP contribution < -0.4 is 5.56 Å². The van der Waals surface area contributed by atoms with E-state index in [4.69, 9.17) is 11.6 Å². The molecule has 2 heterocycles. The molecule has 0 N–H and O–H groups in total. The van der Waals surface area contributed by atoms with E-state index in [-0.39, 0.29) is 17.6 Å². The van der Waals surface area contributed by atoms with Crippen molar-refractivity contribution in [1.29, 1.82) is 0 Å². The first-order valence-electron chi connectivity index (χ1n) is 6.56. The number of hydrogen-bond donors (Lipinski definition) is 0. The third-order valence-corrected chi connectivity index (χ3v) is 3.62. The molecule has 2 aromatic heterocycles. The van der Waals surface area contributed by atoms with Gasteiger partial charge in [0.2, 0.25) is 0 Å². The minimum absolute atomic E-state index is 0.0313. The van der Waals surface area contributed by atoms with E-state index in [0.717, 1.165) is 6.20 Å². The molecule has 5 nitrogen and oxygen atoms in total. The van der Waals surface area contributed by atoms with Crippen LogP contribution in [0.5, 0.6) is 0 Å². The summed E-state index contributed by atoms with van der Waals surface area (Å²) in [6.07, 6.45) is -2.14. The Labute approximate surface area is 132 Å². The van der Waals surface area contributed by atoms with Crippen molar-refractivity contribution in [3.8, 4) is 0 Å². The Kier molecular flexibility index (Phi) is 3.85. The van der Waals surface area contributed by atoms with Gasteiger partial charge in [-0.25, -0.2) is 9.67 Å². The molecule has 0 spiro atoms. The molecule has 9 heteroatoms. The van der Waals surface area contributed by atoms with Gasteiger partial charge in [0.05, 0.1) is 12.7 Å². The summed E-state index contributed by atoms with van der Waals surface area (Å²) in [7, 11) is 0. The van der Waals surface area contributed by atoms with Crippen molar-refractivity contribution in [1.82, 2.24) is 19.3 Å². The molecule has 120 valence electrons. The lowest BCUT2D eigenvalue weighted by atomic mass is 10.2. The van der Waals surface area contributed by atoms with Gasteiger partial charge in [-0.05, 0) is 11.6 Å². The zero-order valence-electron chi connectivity index (χ0n) is 11.6. The van der Waals surface area contributed by atoms with Gasteiger partial charge in [-0.1, -0.05) is 29.8 Å². The smallest absolute Gasteiger partial charge is 0.294 e. The first kappa shape index (κ1) is 15.5. The van der Waals surface area contributed by atoms with Crippen LogP contribution in [-0.2, 0) is 13.1 Å². The molecule has 3 rings (SSSR count). The maximum atomic E-state index is 12.5. The van der Waals surface area contributed by atoms with Gasteiger partial charge in [0.15, 0.2) is 5.65 Å². The summed E-state index contributed by atoms with van der Waals surface area (Å²) in [5, 5.41) is 4.13. The third-order valence-electron chi connectivity index (χ3n) is 3.25. The van der Waals surface area contributed by atoms with Gasteiger partial charge in [-0.15, -0.1) is 0 Å². The standard InChI is InChI=1S/C14H10ClF3N4O/c15-11-4-2-1-3-9(11)6-21-8-19-12-10(13(21)23)5-20-22(12)7-14(16,17)18/h1-5,8H,6-7H2. The normalized spacial score (nSPS) is 12.0. The first-order valence-corrected chi connectivity index (χ1v) is 6.94. The number of hydrogen-bond acceptors (Lipinski definition) is 3. The van der Waals surface area contributed by atoms with E-state index in [1.807, 2.05) is 0 Å². The fourth-order valence-electron chi connectivity index (χ4n) is 2.21. The van der Waals surface area contributed by atoms with E-state index in [1.165, 1.54) is 10.9 Å². The Hall–Kier alpha value is -2.35. The van der Waals surface area contributed by atoms with Gasteiger partial charge in [0, 0.05) is 5.02 Å². The molecule has 0 fully saturated rings. The first-order chi connectivity index (χ1) is 10.8. The lowest BCUT2D eigenvalue weighted by molar-refractivity contribution is -0.141. The van der Waals surface area contributed by atoms with Crippen LogP contribution in [0, 0.1) is 0 Å². The molecular weight excluding hydrogens is 333 g/mol. The average Bonchev–Trinajstić information content (AvgIpc) is 2.86. The third kappa shape index (κ3) is 3.21. The molecule has 0 unspecified atom stereocenters. The second kappa shape index (κ2) is 5.69. The van der Waals surface area contributed by atoms with E-state index < -0.39 is 18.3 Å². The number of halogens is 4. The van der Waals surface area contributed by atoms with Gasteiger partial charge in [-0.3, -0.25) is 9.36 Å².